The van der Waals surface area contributed by atoms with E-state index in [-0.39, 0.29) is 6.03 Å². The highest BCUT2D eigenvalue weighted by atomic mass is 32.2. The van der Waals surface area contributed by atoms with Gasteiger partial charge in [0.25, 0.3) is 0 Å². The zero-order chi connectivity index (χ0) is 11.1. The van der Waals surface area contributed by atoms with E-state index in [9.17, 15) is 4.79 Å². The molecule has 0 aliphatic heterocycles. The van der Waals surface area contributed by atoms with Crippen LogP contribution in [0.15, 0.2) is 0 Å². The molecular weight excluding hydrogens is 208 g/mol. The maximum absolute atomic E-state index is 11.6. The minimum absolute atomic E-state index is 0.0165. The van der Waals surface area contributed by atoms with Crippen molar-refractivity contribution < 1.29 is 4.79 Å². The van der Waals surface area contributed by atoms with E-state index >= 15 is 0 Å². The normalized spacial score (nSPS) is 18.8. The average Bonchev–Trinajstić information content (AvgIpc) is 2.69. The molecule has 15 heavy (non-hydrogen) atoms. The van der Waals surface area contributed by atoms with E-state index in [1.807, 2.05) is 0 Å². The van der Waals surface area contributed by atoms with Gasteiger partial charge in [0.1, 0.15) is 0 Å². The lowest BCUT2D eigenvalue weighted by atomic mass is 10.2. The van der Waals surface area contributed by atoms with E-state index in [0.717, 1.165) is 25.0 Å². The molecule has 1 aliphatic rings. The van der Waals surface area contributed by atoms with Gasteiger partial charge in [0, 0.05) is 17.8 Å². The van der Waals surface area contributed by atoms with Crippen molar-refractivity contribution in [3.63, 3.8) is 0 Å². The number of urea groups is 1. The lowest BCUT2D eigenvalue weighted by Gasteiger charge is -2.18. The fourth-order valence-electron chi connectivity index (χ4n) is 1.95. The topological polar surface area (TPSA) is 41.1 Å². The second-order valence-electron chi connectivity index (χ2n) is 4.16. The van der Waals surface area contributed by atoms with Crippen LogP contribution in [0.25, 0.3) is 0 Å². The minimum Gasteiger partial charge on any atom is -0.335 e. The van der Waals surface area contributed by atoms with Gasteiger partial charge in [0.2, 0.25) is 0 Å². The Bertz CT molecular complexity index is 193. The molecule has 3 nitrogen and oxygen atoms in total. The van der Waals surface area contributed by atoms with Crippen molar-refractivity contribution in [2.75, 3.05) is 12.0 Å². The Morgan fingerprint density at radius 2 is 2.13 bits per heavy atom. The predicted octanol–water partition coefficient (Wildman–Crippen LogP) is 2.37. The van der Waals surface area contributed by atoms with Gasteiger partial charge in [0.05, 0.1) is 0 Å². The first-order valence-electron chi connectivity index (χ1n) is 5.82. The van der Waals surface area contributed by atoms with Crippen LogP contribution < -0.4 is 10.6 Å². The Morgan fingerprint density at radius 1 is 1.47 bits per heavy atom. The first-order chi connectivity index (χ1) is 7.26. The van der Waals surface area contributed by atoms with Crippen LogP contribution in [0.3, 0.4) is 0 Å². The zero-order valence-electron chi connectivity index (χ0n) is 9.71. The van der Waals surface area contributed by atoms with Crippen LogP contribution >= 0.6 is 11.8 Å². The summed E-state index contributed by atoms with van der Waals surface area (Å²) in [4.78, 5) is 11.6. The first-order valence-corrected chi connectivity index (χ1v) is 7.21. The summed E-state index contributed by atoms with van der Waals surface area (Å²) in [5, 5.41) is 6.07. The van der Waals surface area contributed by atoms with Crippen molar-refractivity contribution in [3.05, 3.63) is 0 Å². The third-order valence-corrected chi connectivity index (χ3v) is 3.62. The quantitative estimate of drug-likeness (QED) is 0.761. The van der Waals surface area contributed by atoms with Gasteiger partial charge in [-0.25, -0.2) is 4.79 Å². The molecule has 0 saturated heterocycles. The predicted molar refractivity (Wildman–Crippen MR) is 66.4 cm³/mol. The molecule has 1 fully saturated rings. The largest absolute Gasteiger partial charge is 0.335 e. The highest BCUT2D eigenvalue weighted by Crippen LogP contribution is 2.17. The number of carbonyl (C=O) groups excluding carboxylic acids is 1. The van der Waals surface area contributed by atoms with E-state index in [1.165, 1.54) is 12.8 Å². The molecule has 1 aliphatic carbocycles. The second-order valence-corrected chi connectivity index (χ2v) is 5.07. The van der Waals surface area contributed by atoms with Crippen LogP contribution in [0.2, 0.25) is 0 Å². The maximum Gasteiger partial charge on any atom is 0.315 e. The molecule has 2 amide bonds. The summed E-state index contributed by atoms with van der Waals surface area (Å²) in [5.74, 6) is 0.995. The minimum atomic E-state index is 0.0165. The van der Waals surface area contributed by atoms with Gasteiger partial charge in [-0.05, 0) is 25.5 Å². The number of rotatable bonds is 5. The number of hydrogen-bond acceptors (Lipinski definition) is 2. The van der Waals surface area contributed by atoms with Crippen molar-refractivity contribution in [2.24, 2.45) is 0 Å². The second kappa shape index (κ2) is 6.99. The lowest BCUT2D eigenvalue weighted by molar-refractivity contribution is 0.234. The van der Waals surface area contributed by atoms with Crippen LogP contribution in [0.5, 0.6) is 0 Å². The molecule has 0 radical (unpaired) electrons. The number of carbonyl (C=O) groups is 1. The van der Waals surface area contributed by atoms with Gasteiger partial charge in [-0.3, -0.25) is 0 Å². The number of nitrogens with one attached hydrogen (secondary N) is 2. The van der Waals surface area contributed by atoms with Gasteiger partial charge in [-0.1, -0.05) is 19.8 Å². The summed E-state index contributed by atoms with van der Waals surface area (Å²) in [6, 6.07) is 0.737. The van der Waals surface area contributed by atoms with Crippen LogP contribution in [-0.4, -0.2) is 30.1 Å². The van der Waals surface area contributed by atoms with E-state index in [4.69, 9.17) is 0 Å². The summed E-state index contributed by atoms with van der Waals surface area (Å²) in [5.41, 5.74) is 0. The van der Waals surface area contributed by atoms with Crippen LogP contribution in [0, 0.1) is 0 Å². The molecule has 88 valence electrons. The molecule has 0 heterocycles. The van der Waals surface area contributed by atoms with Gasteiger partial charge in [0.15, 0.2) is 0 Å². The summed E-state index contributed by atoms with van der Waals surface area (Å²) in [7, 11) is 0. The van der Waals surface area contributed by atoms with E-state index < -0.39 is 0 Å². The van der Waals surface area contributed by atoms with E-state index in [1.54, 1.807) is 11.8 Å². The molecule has 4 heteroatoms. The summed E-state index contributed by atoms with van der Waals surface area (Å²) in [6.07, 6.45) is 7.87. The molecule has 0 bridgehead atoms. The smallest absolute Gasteiger partial charge is 0.315 e. The van der Waals surface area contributed by atoms with Crippen LogP contribution in [0.4, 0.5) is 4.79 Å². The number of hydrogen-bond donors (Lipinski definition) is 2. The number of amides is 2. The summed E-state index contributed by atoms with van der Waals surface area (Å²) < 4.78 is 0. The average molecular weight is 230 g/mol. The van der Waals surface area contributed by atoms with E-state index in [0.29, 0.717) is 12.1 Å². The fourth-order valence-corrected chi connectivity index (χ4v) is 2.67. The summed E-state index contributed by atoms with van der Waals surface area (Å²) >= 11 is 1.78. The molecule has 0 aromatic heterocycles. The van der Waals surface area contributed by atoms with Gasteiger partial charge in [-0.2, -0.15) is 11.8 Å². The van der Waals surface area contributed by atoms with Gasteiger partial charge in [-0.15, -0.1) is 0 Å². The Balaban J connectivity index is 2.20. The third-order valence-electron chi connectivity index (χ3n) is 2.89. The number of thioether (sulfide) groups is 1. The van der Waals surface area contributed by atoms with Crippen molar-refractivity contribution in [1.29, 1.82) is 0 Å². The van der Waals surface area contributed by atoms with Crippen molar-refractivity contribution in [2.45, 2.75) is 51.1 Å². The standard InChI is InChI=1S/C11H22N2OS/c1-3-9(8-15-2)12-11(14)13-10-6-4-5-7-10/h9-10H,3-8H2,1-2H3,(H2,12,13,14). The van der Waals surface area contributed by atoms with Gasteiger partial charge < -0.3 is 10.6 Å². The highest BCUT2D eigenvalue weighted by molar-refractivity contribution is 7.98. The molecule has 1 unspecified atom stereocenters. The lowest BCUT2D eigenvalue weighted by Crippen LogP contribution is -2.46. The third kappa shape index (κ3) is 4.78. The van der Waals surface area contributed by atoms with E-state index in [2.05, 4.69) is 23.8 Å². The van der Waals surface area contributed by atoms with Crippen LogP contribution in [-0.2, 0) is 0 Å². The maximum atomic E-state index is 11.6. The Morgan fingerprint density at radius 3 is 2.67 bits per heavy atom. The fraction of sp³-hybridized carbons (Fsp3) is 0.909. The highest BCUT2D eigenvalue weighted by Gasteiger charge is 2.18. The molecule has 2 N–H and O–H groups in total. The Labute approximate surface area is 96.8 Å². The molecular formula is C11H22N2OS. The first kappa shape index (κ1) is 12.7. The molecule has 1 rings (SSSR count). The monoisotopic (exact) mass is 230 g/mol. The molecule has 1 saturated carbocycles. The van der Waals surface area contributed by atoms with Crippen molar-refractivity contribution in [3.8, 4) is 0 Å². The van der Waals surface area contributed by atoms with Crippen molar-refractivity contribution in [1.82, 2.24) is 10.6 Å². The molecule has 0 aromatic carbocycles. The Kier molecular flexibility index (Phi) is 5.91. The molecule has 0 spiro atoms. The zero-order valence-corrected chi connectivity index (χ0v) is 10.5. The van der Waals surface area contributed by atoms with Crippen molar-refractivity contribution >= 4 is 17.8 Å². The van der Waals surface area contributed by atoms with Gasteiger partial charge >= 0.3 is 6.03 Å². The molecule has 0 aromatic rings. The van der Waals surface area contributed by atoms with Crippen LogP contribution in [0.1, 0.15) is 39.0 Å². The SMILES string of the molecule is CCC(CSC)NC(=O)NC1CCCC1. The Hall–Kier alpha value is -0.380. The summed E-state index contributed by atoms with van der Waals surface area (Å²) in [6.45, 7) is 2.11. The molecule has 1 atom stereocenters.